The highest BCUT2D eigenvalue weighted by Crippen LogP contribution is 2.18. The maximum absolute atomic E-state index is 13.0. The van der Waals surface area contributed by atoms with Crippen molar-refractivity contribution in [2.75, 3.05) is 5.32 Å². The number of thiazole rings is 1. The van der Waals surface area contributed by atoms with Crippen LogP contribution < -0.4 is 5.32 Å². The molecule has 0 spiro atoms. The minimum absolute atomic E-state index is 0.158. The summed E-state index contributed by atoms with van der Waals surface area (Å²) in [4.78, 5) is 27.1. The Balaban J connectivity index is 2.18. The Morgan fingerprint density at radius 3 is 2.68 bits per heavy atom. The van der Waals surface area contributed by atoms with Gasteiger partial charge in [-0.15, -0.1) is 11.3 Å². The molecule has 1 heterocycles. The fraction of sp³-hybridized carbons (Fsp3) is 0.154. The van der Waals surface area contributed by atoms with Crippen LogP contribution in [0.4, 0.5) is 9.52 Å². The Kier molecular flexibility index (Phi) is 3.71. The Morgan fingerprint density at radius 2 is 2.11 bits per heavy atom. The summed E-state index contributed by atoms with van der Waals surface area (Å²) >= 11 is 1.17. The van der Waals surface area contributed by atoms with Crippen molar-refractivity contribution in [1.29, 1.82) is 0 Å². The molecule has 0 aliphatic rings. The minimum atomic E-state index is -0.387. The van der Waals surface area contributed by atoms with Gasteiger partial charge in [0.05, 0.1) is 0 Å². The van der Waals surface area contributed by atoms with E-state index in [1.54, 1.807) is 12.3 Å². The van der Waals surface area contributed by atoms with Crippen LogP contribution in [0.25, 0.3) is 0 Å². The Labute approximate surface area is 113 Å². The van der Waals surface area contributed by atoms with Gasteiger partial charge in [0.25, 0.3) is 5.91 Å². The van der Waals surface area contributed by atoms with Crippen molar-refractivity contribution < 1.29 is 14.0 Å². The lowest BCUT2D eigenvalue weighted by atomic mass is 10.1. The van der Waals surface area contributed by atoms with Crippen LogP contribution in [0.5, 0.6) is 0 Å². The summed E-state index contributed by atoms with van der Waals surface area (Å²) in [5, 5.41) is 4.51. The molecule has 98 valence electrons. The van der Waals surface area contributed by atoms with Crippen molar-refractivity contribution in [3.8, 4) is 0 Å². The first-order valence-electron chi connectivity index (χ1n) is 5.51. The summed E-state index contributed by atoms with van der Waals surface area (Å²) in [6.45, 7) is 3.06. The van der Waals surface area contributed by atoms with Gasteiger partial charge >= 0.3 is 0 Å². The number of rotatable bonds is 3. The lowest BCUT2D eigenvalue weighted by molar-refractivity contribution is 0.100. The van der Waals surface area contributed by atoms with E-state index >= 15 is 0 Å². The van der Waals surface area contributed by atoms with E-state index in [1.165, 1.54) is 36.5 Å². The highest BCUT2D eigenvalue weighted by atomic mass is 32.1. The second-order valence-corrected chi connectivity index (χ2v) is 4.87. The first kappa shape index (κ1) is 13.4. The van der Waals surface area contributed by atoms with Crippen LogP contribution in [0.3, 0.4) is 0 Å². The number of aryl methyl sites for hydroxylation is 1. The molecule has 0 saturated heterocycles. The number of nitrogens with zero attached hydrogens (tertiary/aromatic N) is 1. The zero-order valence-electron chi connectivity index (χ0n) is 10.4. The number of amides is 1. The summed E-state index contributed by atoms with van der Waals surface area (Å²) in [5.41, 5.74) is 1.23. The van der Waals surface area contributed by atoms with Gasteiger partial charge < -0.3 is 0 Å². The first-order chi connectivity index (χ1) is 8.97. The number of Topliss-reactive ketones (excluding diaryl/α,β-unsaturated/α-hetero) is 1. The maximum Gasteiger partial charge on any atom is 0.257 e. The molecule has 0 radical (unpaired) electrons. The van der Waals surface area contributed by atoms with Crippen molar-refractivity contribution in [3.05, 3.63) is 46.2 Å². The molecule has 0 bridgehead atoms. The minimum Gasteiger partial charge on any atom is -0.298 e. The topological polar surface area (TPSA) is 59.1 Å². The van der Waals surface area contributed by atoms with Gasteiger partial charge in [0.15, 0.2) is 10.9 Å². The number of carbonyl (C=O) groups is 2. The van der Waals surface area contributed by atoms with Crippen molar-refractivity contribution in [2.45, 2.75) is 13.8 Å². The van der Waals surface area contributed by atoms with Crippen LogP contribution in [0.2, 0.25) is 0 Å². The third-order valence-electron chi connectivity index (χ3n) is 2.52. The van der Waals surface area contributed by atoms with Gasteiger partial charge in [-0.3, -0.25) is 14.9 Å². The van der Waals surface area contributed by atoms with Crippen molar-refractivity contribution in [1.82, 2.24) is 4.98 Å². The molecule has 0 aliphatic carbocycles. The van der Waals surface area contributed by atoms with E-state index in [0.29, 0.717) is 22.0 Å². The SMILES string of the molecule is CC(=O)c1csc(NC(=O)c2ccc(F)cc2C)n1. The molecule has 19 heavy (non-hydrogen) atoms. The number of benzene rings is 1. The summed E-state index contributed by atoms with van der Waals surface area (Å²) in [6, 6.07) is 3.93. The summed E-state index contributed by atoms with van der Waals surface area (Å²) in [5.74, 6) is -0.918. The van der Waals surface area contributed by atoms with E-state index in [9.17, 15) is 14.0 Å². The van der Waals surface area contributed by atoms with Crippen LogP contribution in [0.15, 0.2) is 23.6 Å². The molecular weight excluding hydrogens is 267 g/mol. The summed E-state index contributed by atoms with van der Waals surface area (Å²) in [7, 11) is 0. The van der Waals surface area contributed by atoms with Crippen LogP contribution in [-0.4, -0.2) is 16.7 Å². The van der Waals surface area contributed by atoms with Crippen LogP contribution in [0, 0.1) is 12.7 Å². The lowest BCUT2D eigenvalue weighted by Crippen LogP contribution is -2.13. The van der Waals surface area contributed by atoms with Crippen LogP contribution in [-0.2, 0) is 0 Å². The molecule has 1 amide bonds. The van der Waals surface area contributed by atoms with E-state index in [4.69, 9.17) is 0 Å². The van der Waals surface area contributed by atoms with Gasteiger partial charge in [-0.25, -0.2) is 9.37 Å². The number of hydrogen-bond donors (Lipinski definition) is 1. The second kappa shape index (κ2) is 5.27. The van der Waals surface area contributed by atoms with E-state index < -0.39 is 0 Å². The normalized spacial score (nSPS) is 10.3. The molecule has 0 aliphatic heterocycles. The molecule has 0 saturated carbocycles. The predicted octanol–water partition coefficient (Wildman–Crippen LogP) is 3.05. The van der Waals surface area contributed by atoms with Crippen molar-refractivity contribution >= 4 is 28.2 Å². The number of halogens is 1. The highest BCUT2D eigenvalue weighted by Gasteiger charge is 2.13. The van der Waals surface area contributed by atoms with Gasteiger partial charge in [0.2, 0.25) is 0 Å². The summed E-state index contributed by atoms with van der Waals surface area (Å²) in [6.07, 6.45) is 0. The smallest absolute Gasteiger partial charge is 0.257 e. The largest absolute Gasteiger partial charge is 0.298 e. The first-order valence-corrected chi connectivity index (χ1v) is 6.39. The predicted molar refractivity (Wildman–Crippen MR) is 71.2 cm³/mol. The molecule has 2 rings (SSSR count). The molecule has 6 heteroatoms. The fourth-order valence-corrected chi connectivity index (χ4v) is 2.28. The van der Waals surface area contributed by atoms with E-state index in [0.717, 1.165) is 0 Å². The number of anilines is 1. The molecular formula is C13H11FN2O2S. The zero-order valence-corrected chi connectivity index (χ0v) is 11.2. The van der Waals surface area contributed by atoms with E-state index in [1.807, 2.05) is 0 Å². The van der Waals surface area contributed by atoms with Crippen LogP contribution in [0.1, 0.15) is 33.3 Å². The number of carbonyl (C=O) groups excluding carboxylic acids is 2. The average molecular weight is 278 g/mol. The number of aromatic nitrogens is 1. The lowest BCUT2D eigenvalue weighted by Gasteiger charge is -2.05. The van der Waals surface area contributed by atoms with Gasteiger partial charge in [-0.1, -0.05) is 0 Å². The van der Waals surface area contributed by atoms with Gasteiger partial charge in [-0.2, -0.15) is 0 Å². The van der Waals surface area contributed by atoms with Gasteiger partial charge in [0, 0.05) is 17.9 Å². The standard InChI is InChI=1S/C13H11FN2O2S/c1-7-5-9(14)3-4-10(7)12(18)16-13-15-11(6-19-13)8(2)17/h3-6H,1-2H3,(H,15,16,18). The third kappa shape index (κ3) is 3.03. The second-order valence-electron chi connectivity index (χ2n) is 4.01. The molecule has 1 N–H and O–H groups in total. The Morgan fingerprint density at radius 1 is 1.37 bits per heavy atom. The van der Waals surface area contributed by atoms with Gasteiger partial charge in [-0.05, 0) is 30.7 Å². The van der Waals surface area contributed by atoms with E-state index in [-0.39, 0.29) is 17.5 Å². The number of ketones is 1. The molecule has 4 nitrogen and oxygen atoms in total. The number of hydrogen-bond acceptors (Lipinski definition) is 4. The van der Waals surface area contributed by atoms with E-state index in [2.05, 4.69) is 10.3 Å². The Hall–Kier alpha value is -2.08. The molecule has 1 aromatic heterocycles. The summed E-state index contributed by atoms with van der Waals surface area (Å²) < 4.78 is 13.0. The maximum atomic E-state index is 13.0. The van der Waals surface area contributed by atoms with Crippen molar-refractivity contribution in [3.63, 3.8) is 0 Å². The average Bonchev–Trinajstić information content (AvgIpc) is 2.77. The third-order valence-corrected chi connectivity index (χ3v) is 3.28. The van der Waals surface area contributed by atoms with Gasteiger partial charge in [0.1, 0.15) is 11.5 Å². The zero-order chi connectivity index (χ0) is 14.0. The quantitative estimate of drug-likeness (QED) is 0.878. The molecule has 1 aromatic carbocycles. The molecule has 0 atom stereocenters. The molecule has 0 fully saturated rings. The molecule has 0 unspecified atom stereocenters. The molecule has 2 aromatic rings. The monoisotopic (exact) mass is 278 g/mol. The van der Waals surface area contributed by atoms with Crippen molar-refractivity contribution in [2.24, 2.45) is 0 Å². The fourth-order valence-electron chi connectivity index (χ4n) is 1.54. The number of nitrogens with one attached hydrogen (secondary N) is 1. The Bertz CT molecular complexity index is 652. The van der Waals surface area contributed by atoms with Crippen LogP contribution >= 0.6 is 11.3 Å². The highest BCUT2D eigenvalue weighted by molar-refractivity contribution is 7.14.